The molecule has 0 radical (unpaired) electrons. The monoisotopic (exact) mass is 212 g/mol. The standard InChI is InChI=1S/C10H16N2O3/c1-3-10(14)12-6-8(7-12)15-5-4-9(13)11-2/h3,8H,1,4-7H2,2H3,(H,11,13). The lowest BCUT2D eigenvalue weighted by Crippen LogP contribution is -2.54. The summed E-state index contributed by atoms with van der Waals surface area (Å²) in [6, 6.07) is 0. The van der Waals surface area contributed by atoms with E-state index in [1.165, 1.54) is 6.08 Å². The average Bonchev–Trinajstić information content (AvgIpc) is 2.19. The lowest BCUT2D eigenvalue weighted by molar-refractivity contribution is -0.140. The minimum absolute atomic E-state index is 0.0339. The highest BCUT2D eigenvalue weighted by Gasteiger charge is 2.29. The van der Waals surface area contributed by atoms with E-state index < -0.39 is 0 Å². The summed E-state index contributed by atoms with van der Waals surface area (Å²) in [4.78, 5) is 23.6. The summed E-state index contributed by atoms with van der Waals surface area (Å²) in [6.07, 6.45) is 1.72. The van der Waals surface area contributed by atoms with Crippen LogP contribution in [0.3, 0.4) is 0 Å². The summed E-state index contributed by atoms with van der Waals surface area (Å²) in [6.45, 7) is 4.99. The van der Waals surface area contributed by atoms with Crippen LogP contribution in [-0.2, 0) is 14.3 Å². The zero-order chi connectivity index (χ0) is 11.3. The van der Waals surface area contributed by atoms with Crippen molar-refractivity contribution in [3.63, 3.8) is 0 Å². The molecular weight excluding hydrogens is 196 g/mol. The van der Waals surface area contributed by atoms with Crippen molar-refractivity contribution in [1.82, 2.24) is 10.2 Å². The maximum absolute atomic E-state index is 11.1. The van der Waals surface area contributed by atoms with Gasteiger partial charge in [0.1, 0.15) is 0 Å². The van der Waals surface area contributed by atoms with Crippen LogP contribution in [0.5, 0.6) is 0 Å². The van der Waals surface area contributed by atoms with E-state index in [1.54, 1.807) is 11.9 Å². The quantitative estimate of drug-likeness (QED) is 0.627. The summed E-state index contributed by atoms with van der Waals surface area (Å²) in [5.74, 6) is -0.102. The van der Waals surface area contributed by atoms with Crippen LogP contribution in [0.2, 0.25) is 0 Å². The fourth-order valence-electron chi connectivity index (χ4n) is 1.30. The molecule has 5 nitrogen and oxygen atoms in total. The Hall–Kier alpha value is -1.36. The Bertz CT molecular complexity index is 259. The largest absolute Gasteiger partial charge is 0.374 e. The van der Waals surface area contributed by atoms with Gasteiger partial charge in [0, 0.05) is 26.6 Å². The van der Waals surface area contributed by atoms with Gasteiger partial charge >= 0.3 is 0 Å². The van der Waals surface area contributed by atoms with Gasteiger partial charge in [-0.1, -0.05) is 6.58 Å². The van der Waals surface area contributed by atoms with E-state index in [4.69, 9.17) is 4.74 Å². The number of carbonyl (C=O) groups is 2. The van der Waals surface area contributed by atoms with Crippen molar-refractivity contribution < 1.29 is 14.3 Å². The first-order valence-corrected chi connectivity index (χ1v) is 4.91. The third-order valence-electron chi connectivity index (χ3n) is 2.30. The number of nitrogens with one attached hydrogen (secondary N) is 1. The van der Waals surface area contributed by atoms with Gasteiger partial charge in [-0.05, 0) is 6.08 Å². The van der Waals surface area contributed by atoms with E-state index in [1.807, 2.05) is 0 Å². The predicted molar refractivity (Wildman–Crippen MR) is 55.2 cm³/mol. The van der Waals surface area contributed by atoms with Gasteiger partial charge in [-0.2, -0.15) is 0 Å². The molecule has 1 fully saturated rings. The Morgan fingerprint density at radius 2 is 2.27 bits per heavy atom. The molecule has 0 aromatic heterocycles. The first kappa shape index (κ1) is 11.7. The van der Waals surface area contributed by atoms with Crippen LogP contribution < -0.4 is 5.32 Å². The van der Waals surface area contributed by atoms with Crippen LogP contribution >= 0.6 is 0 Å². The summed E-state index contributed by atoms with van der Waals surface area (Å²) in [5.41, 5.74) is 0. The maximum atomic E-state index is 11.1. The molecule has 1 saturated heterocycles. The molecule has 2 amide bonds. The molecule has 0 saturated carbocycles. The van der Waals surface area contributed by atoms with Crippen molar-refractivity contribution in [2.24, 2.45) is 0 Å². The number of carbonyl (C=O) groups excluding carboxylic acids is 2. The second kappa shape index (κ2) is 5.50. The van der Waals surface area contributed by atoms with Crippen molar-refractivity contribution in [3.8, 4) is 0 Å². The number of nitrogens with zero attached hydrogens (tertiary/aromatic N) is 1. The number of ether oxygens (including phenoxy) is 1. The Kier molecular flexibility index (Phi) is 4.30. The Labute approximate surface area is 89.1 Å². The van der Waals surface area contributed by atoms with E-state index in [0.29, 0.717) is 26.1 Å². The van der Waals surface area contributed by atoms with Gasteiger partial charge in [-0.3, -0.25) is 9.59 Å². The number of hydrogen-bond acceptors (Lipinski definition) is 3. The molecule has 1 rings (SSSR count). The molecule has 0 atom stereocenters. The van der Waals surface area contributed by atoms with Gasteiger partial charge in [-0.25, -0.2) is 0 Å². The first-order chi connectivity index (χ1) is 7.17. The molecule has 15 heavy (non-hydrogen) atoms. The molecule has 1 N–H and O–H groups in total. The molecule has 0 aliphatic carbocycles. The Morgan fingerprint density at radius 3 is 2.80 bits per heavy atom. The van der Waals surface area contributed by atoms with Crippen molar-refractivity contribution in [2.75, 3.05) is 26.7 Å². The Balaban J connectivity index is 2.05. The lowest BCUT2D eigenvalue weighted by atomic mass is 10.1. The van der Waals surface area contributed by atoms with E-state index in [9.17, 15) is 9.59 Å². The van der Waals surface area contributed by atoms with Crippen LogP contribution in [0.1, 0.15) is 6.42 Å². The molecule has 0 aromatic carbocycles. The number of hydrogen-bond donors (Lipinski definition) is 1. The summed E-state index contributed by atoms with van der Waals surface area (Å²) in [7, 11) is 1.59. The van der Waals surface area contributed by atoms with Gasteiger partial charge < -0.3 is 15.0 Å². The highest BCUT2D eigenvalue weighted by Crippen LogP contribution is 2.12. The molecule has 0 aromatic rings. The summed E-state index contributed by atoms with van der Waals surface area (Å²) in [5, 5.41) is 2.51. The fraction of sp³-hybridized carbons (Fsp3) is 0.600. The van der Waals surface area contributed by atoms with Crippen LogP contribution in [0, 0.1) is 0 Å². The van der Waals surface area contributed by atoms with Crippen molar-refractivity contribution >= 4 is 11.8 Å². The van der Waals surface area contributed by atoms with Gasteiger partial charge in [0.15, 0.2) is 0 Å². The topological polar surface area (TPSA) is 58.6 Å². The zero-order valence-electron chi connectivity index (χ0n) is 8.86. The van der Waals surface area contributed by atoms with Crippen molar-refractivity contribution in [1.29, 1.82) is 0 Å². The smallest absolute Gasteiger partial charge is 0.246 e. The molecule has 1 aliphatic rings. The molecule has 1 heterocycles. The Morgan fingerprint density at radius 1 is 1.60 bits per heavy atom. The molecule has 5 heteroatoms. The first-order valence-electron chi connectivity index (χ1n) is 4.91. The summed E-state index contributed by atoms with van der Waals surface area (Å²) >= 11 is 0. The van der Waals surface area contributed by atoms with Gasteiger partial charge in [0.05, 0.1) is 12.7 Å². The highest BCUT2D eigenvalue weighted by atomic mass is 16.5. The molecule has 0 spiro atoms. The fourth-order valence-corrected chi connectivity index (χ4v) is 1.30. The van der Waals surface area contributed by atoms with Gasteiger partial charge in [-0.15, -0.1) is 0 Å². The highest BCUT2D eigenvalue weighted by molar-refractivity contribution is 5.87. The minimum Gasteiger partial charge on any atom is -0.374 e. The number of likely N-dealkylation sites (tertiary alicyclic amines) is 1. The average molecular weight is 212 g/mol. The van der Waals surface area contributed by atoms with Gasteiger partial charge in [0.2, 0.25) is 11.8 Å². The van der Waals surface area contributed by atoms with Gasteiger partial charge in [0.25, 0.3) is 0 Å². The third kappa shape index (κ3) is 3.36. The third-order valence-corrected chi connectivity index (χ3v) is 2.30. The minimum atomic E-state index is -0.0684. The molecular formula is C10H16N2O3. The van der Waals surface area contributed by atoms with E-state index in [2.05, 4.69) is 11.9 Å². The van der Waals surface area contributed by atoms with Crippen molar-refractivity contribution in [3.05, 3.63) is 12.7 Å². The normalized spacial score (nSPS) is 15.7. The number of amides is 2. The zero-order valence-corrected chi connectivity index (χ0v) is 8.86. The second-order valence-electron chi connectivity index (χ2n) is 3.36. The van der Waals surface area contributed by atoms with Crippen LogP contribution in [0.15, 0.2) is 12.7 Å². The second-order valence-corrected chi connectivity index (χ2v) is 3.36. The van der Waals surface area contributed by atoms with E-state index in [-0.39, 0.29) is 17.9 Å². The SMILES string of the molecule is C=CC(=O)N1CC(OCCC(=O)NC)C1. The van der Waals surface area contributed by atoms with E-state index >= 15 is 0 Å². The van der Waals surface area contributed by atoms with E-state index in [0.717, 1.165) is 0 Å². The van der Waals surface area contributed by atoms with Crippen molar-refractivity contribution in [2.45, 2.75) is 12.5 Å². The van der Waals surface area contributed by atoms with Crippen LogP contribution in [-0.4, -0.2) is 49.6 Å². The molecule has 84 valence electrons. The molecule has 1 aliphatic heterocycles. The molecule has 0 unspecified atom stereocenters. The predicted octanol–water partition coefficient (Wildman–Crippen LogP) is -0.464. The lowest BCUT2D eigenvalue weighted by Gasteiger charge is -2.38. The maximum Gasteiger partial charge on any atom is 0.246 e. The number of rotatable bonds is 5. The van der Waals surface area contributed by atoms with Crippen LogP contribution in [0.25, 0.3) is 0 Å². The summed E-state index contributed by atoms with van der Waals surface area (Å²) < 4.78 is 5.39. The molecule has 0 bridgehead atoms. The van der Waals surface area contributed by atoms with Crippen LogP contribution in [0.4, 0.5) is 0 Å².